The molecule has 0 saturated heterocycles. The molecule has 4 heteroatoms. The first-order valence-corrected chi connectivity index (χ1v) is 5.07. The van der Waals surface area contributed by atoms with Gasteiger partial charge >= 0.3 is 0 Å². The zero-order valence-electron chi connectivity index (χ0n) is 8.68. The topological polar surface area (TPSA) is 36.4 Å². The molecule has 2 rings (SSSR count). The van der Waals surface area contributed by atoms with Crippen LogP contribution in [0.2, 0.25) is 0 Å². The van der Waals surface area contributed by atoms with Gasteiger partial charge in [0.1, 0.15) is 11.7 Å². The van der Waals surface area contributed by atoms with Crippen LogP contribution in [0, 0.1) is 5.82 Å². The van der Waals surface area contributed by atoms with Crippen molar-refractivity contribution in [3.05, 3.63) is 29.6 Å². The summed E-state index contributed by atoms with van der Waals surface area (Å²) in [6, 6.07) is 5.10. The molecule has 0 saturated carbocycles. The number of halogens is 1. The Morgan fingerprint density at radius 1 is 1.47 bits per heavy atom. The van der Waals surface area contributed by atoms with Gasteiger partial charge in [0.05, 0.1) is 5.69 Å². The van der Waals surface area contributed by atoms with Crippen LogP contribution in [0.25, 0.3) is 0 Å². The van der Waals surface area contributed by atoms with E-state index in [2.05, 4.69) is 15.6 Å². The number of rotatable bonds is 2. The molecular formula is C11H14FN3. The van der Waals surface area contributed by atoms with Crippen molar-refractivity contribution >= 4 is 11.5 Å². The minimum Gasteiger partial charge on any atom is -0.386 e. The van der Waals surface area contributed by atoms with Crippen molar-refractivity contribution in [3.63, 3.8) is 0 Å². The highest BCUT2D eigenvalue weighted by Gasteiger charge is 2.09. The fourth-order valence-corrected chi connectivity index (χ4v) is 1.59. The Bertz CT molecular complexity index is 387. The molecule has 3 nitrogen and oxygen atoms in total. The molecule has 1 aliphatic rings. The number of amidine groups is 1. The Morgan fingerprint density at radius 2 is 2.33 bits per heavy atom. The van der Waals surface area contributed by atoms with Crippen LogP contribution in [-0.2, 0) is 0 Å². The first-order valence-electron chi connectivity index (χ1n) is 5.07. The lowest BCUT2D eigenvalue weighted by atomic mass is 10.1. The largest absolute Gasteiger partial charge is 0.386 e. The summed E-state index contributed by atoms with van der Waals surface area (Å²) in [5.41, 5.74) is 1.32. The van der Waals surface area contributed by atoms with Crippen LogP contribution >= 0.6 is 0 Å². The van der Waals surface area contributed by atoms with Crippen molar-refractivity contribution in [1.82, 2.24) is 5.32 Å². The van der Waals surface area contributed by atoms with E-state index in [0.717, 1.165) is 30.9 Å². The van der Waals surface area contributed by atoms with Gasteiger partial charge in [-0.25, -0.2) is 4.39 Å². The van der Waals surface area contributed by atoms with E-state index in [4.69, 9.17) is 0 Å². The van der Waals surface area contributed by atoms with E-state index in [-0.39, 0.29) is 5.82 Å². The van der Waals surface area contributed by atoms with Gasteiger partial charge < -0.3 is 10.6 Å². The predicted octanol–water partition coefficient (Wildman–Crippen LogP) is 1.61. The quantitative estimate of drug-likeness (QED) is 0.773. The molecule has 15 heavy (non-hydrogen) atoms. The van der Waals surface area contributed by atoms with Crippen molar-refractivity contribution in [2.45, 2.75) is 6.42 Å². The maximum Gasteiger partial charge on any atom is 0.147 e. The summed E-state index contributed by atoms with van der Waals surface area (Å²) in [6.07, 6.45) is 1.04. The summed E-state index contributed by atoms with van der Waals surface area (Å²) in [7, 11) is 1.70. The zero-order valence-corrected chi connectivity index (χ0v) is 8.68. The van der Waals surface area contributed by atoms with Gasteiger partial charge in [-0.2, -0.15) is 0 Å². The van der Waals surface area contributed by atoms with Gasteiger partial charge in [0.15, 0.2) is 0 Å². The zero-order chi connectivity index (χ0) is 10.7. The Hall–Kier alpha value is -1.58. The lowest BCUT2D eigenvalue weighted by molar-refractivity contribution is 0.630. The summed E-state index contributed by atoms with van der Waals surface area (Å²) in [6.45, 7) is 1.73. The number of nitrogens with zero attached hydrogens (tertiary/aromatic N) is 1. The molecule has 0 unspecified atom stereocenters. The van der Waals surface area contributed by atoms with Gasteiger partial charge in [-0.3, -0.25) is 4.99 Å². The fourth-order valence-electron chi connectivity index (χ4n) is 1.59. The molecule has 0 spiro atoms. The van der Waals surface area contributed by atoms with Crippen molar-refractivity contribution in [2.24, 2.45) is 4.99 Å². The number of anilines is 1. The third-order valence-electron chi connectivity index (χ3n) is 2.41. The van der Waals surface area contributed by atoms with Crippen LogP contribution in [-0.4, -0.2) is 26.0 Å². The molecule has 0 aromatic heterocycles. The second-order valence-corrected chi connectivity index (χ2v) is 3.46. The minimum absolute atomic E-state index is 0.245. The summed E-state index contributed by atoms with van der Waals surface area (Å²) in [4.78, 5) is 4.31. The van der Waals surface area contributed by atoms with E-state index in [1.54, 1.807) is 13.1 Å². The second-order valence-electron chi connectivity index (χ2n) is 3.46. The highest BCUT2D eigenvalue weighted by atomic mass is 19.1. The number of benzene rings is 1. The maximum atomic E-state index is 13.5. The molecule has 1 heterocycles. The molecule has 1 aromatic carbocycles. The first-order chi connectivity index (χ1) is 7.31. The maximum absolute atomic E-state index is 13.5. The summed E-state index contributed by atoms with van der Waals surface area (Å²) < 4.78 is 13.5. The van der Waals surface area contributed by atoms with Crippen LogP contribution in [0.4, 0.5) is 10.1 Å². The van der Waals surface area contributed by atoms with E-state index >= 15 is 0 Å². The van der Waals surface area contributed by atoms with Gasteiger partial charge in [0.2, 0.25) is 0 Å². The summed E-state index contributed by atoms with van der Waals surface area (Å²) >= 11 is 0. The molecule has 0 radical (unpaired) electrons. The van der Waals surface area contributed by atoms with E-state index in [9.17, 15) is 4.39 Å². The molecule has 1 aromatic rings. The van der Waals surface area contributed by atoms with E-state index in [1.807, 2.05) is 6.07 Å². The van der Waals surface area contributed by atoms with Crippen LogP contribution in [0.3, 0.4) is 0 Å². The van der Waals surface area contributed by atoms with Crippen molar-refractivity contribution < 1.29 is 4.39 Å². The van der Waals surface area contributed by atoms with Gasteiger partial charge in [-0.15, -0.1) is 0 Å². The normalized spacial score (nSPS) is 15.5. The average molecular weight is 207 g/mol. The monoisotopic (exact) mass is 207 g/mol. The van der Waals surface area contributed by atoms with Crippen molar-refractivity contribution in [2.75, 3.05) is 25.5 Å². The standard InChI is InChI=1S/C11H14FN3/c1-13-10-4-3-8(7-9(10)12)11-14-5-2-6-15-11/h3-4,7,13H,2,5-6H2,1H3,(H,14,15). The number of aliphatic imine (C=N–C) groups is 1. The van der Waals surface area contributed by atoms with Gasteiger partial charge in [-0.1, -0.05) is 0 Å². The fraction of sp³-hybridized carbons (Fsp3) is 0.364. The minimum atomic E-state index is -0.245. The average Bonchev–Trinajstić information content (AvgIpc) is 2.30. The Morgan fingerprint density at radius 3 is 2.93 bits per heavy atom. The third kappa shape index (κ3) is 2.09. The predicted molar refractivity (Wildman–Crippen MR) is 60.0 cm³/mol. The lowest BCUT2D eigenvalue weighted by Gasteiger charge is -2.15. The second kappa shape index (κ2) is 4.29. The Balaban J connectivity index is 2.29. The van der Waals surface area contributed by atoms with Crippen LogP contribution < -0.4 is 10.6 Å². The van der Waals surface area contributed by atoms with Gasteiger partial charge in [0.25, 0.3) is 0 Å². The van der Waals surface area contributed by atoms with Gasteiger partial charge in [-0.05, 0) is 24.6 Å². The van der Waals surface area contributed by atoms with Crippen LogP contribution in [0.1, 0.15) is 12.0 Å². The van der Waals surface area contributed by atoms with E-state index in [1.165, 1.54) is 6.07 Å². The first kappa shape index (κ1) is 9.96. The number of hydrogen-bond donors (Lipinski definition) is 2. The summed E-state index contributed by atoms with van der Waals surface area (Å²) in [5, 5.41) is 5.95. The molecule has 0 fully saturated rings. The number of nitrogens with one attached hydrogen (secondary N) is 2. The number of hydrogen-bond acceptors (Lipinski definition) is 3. The molecule has 0 aliphatic carbocycles. The smallest absolute Gasteiger partial charge is 0.147 e. The molecular weight excluding hydrogens is 193 g/mol. The van der Waals surface area contributed by atoms with Gasteiger partial charge in [0, 0.05) is 25.7 Å². The molecule has 0 amide bonds. The molecule has 2 N–H and O–H groups in total. The Labute approximate surface area is 88.4 Å². The highest BCUT2D eigenvalue weighted by Crippen LogP contribution is 2.15. The molecule has 1 aliphatic heterocycles. The molecule has 80 valence electrons. The van der Waals surface area contributed by atoms with Crippen LogP contribution in [0.15, 0.2) is 23.2 Å². The molecule has 0 atom stereocenters. The van der Waals surface area contributed by atoms with Crippen LogP contribution in [0.5, 0.6) is 0 Å². The van der Waals surface area contributed by atoms with Crippen molar-refractivity contribution in [1.29, 1.82) is 0 Å². The third-order valence-corrected chi connectivity index (χ3v) is 2.41. The van der Waals surface area contributed by atoms with E-state index in [0.29, 0.717) is 5.69 Å². The SMILES string of the molecule is CNc1ccc(C2=NCCCN2)cc1F. The Kier molecular flexibility index (Phi) is 2.85. The van der Waals surface area contributed by atoms with E-state index < -0.39 is 0 Å². The molecule has 0 bridgehead atoms. The van der Waals surface area contributed by atoms with Crippen molar-refractivity contribution in [3.8, 4) is 0 Å². The highest BCUT2D eigenvalue weighted by molar-refractivity contribution is 5.99. The summed E-state index contributed by atoms with van der Waals surface area (Å²) in [5.74, 6) is 0.549. The lowest BCUT2D eigenvalue weighted by Crippen LogP contribution is -2.30.